The van der Waals surface area contributed by atoms with Crippen molar-refractivity contribution in [1.82, 2.24) is 9.62 Å². The summed E-state index contributed by atoms with van der Waals surface area (Å²) in [6.45, 7) is 0.451. The topological polar surface area (TPSA) is 67.9 Å². The first-order valence-corrected chi connectivity index (χ1v) is 9.95. The van der Waals surface area contributed by atoms with Crippen LogP contribution in [0.25, 0.3) is 0 Å². The molecule has 1 aliphatic heterocycles. The van der Waals surface area contributed by atoms with E-state index in [0.29, 0.717) is 11.5 Å². The van der Waals surface area contributed by atoms with Crippen LogP contribution in [0.3, 0.4) is 0 Å². The van der Waals surface area contributed by atoms with E-state index in [9.17, 15) is 8.42 Å². The number of rotatable bonds is 6. The van der Waals surface area contributed by atoms with Crippen molar-refractivity contribution >= 4 is 38.4 Å². The Morgan fingerprint density at radius 2 is 1.77 bits per heavy atom. The van der Waals surface area contributed by atoms with E-state index in [1.807, 2.05) is 37.2 Å². The first kappa shape index (κ1) is 21.0. The number of hydrogen-bond acceptors (Lipinski definition) is 5. The molecule has 0 saturated heterocycles. The molecule has 1 atom stereocenters. The van der Waals surface area contributed by atoms with Crippen molar-refractivity contribution in [3.05, 3.63) is 52.5 Å². The Morgan fingerprint density at radius 3 is 2.42 bits per heavy atom. The zero-order chi connectivity index (χ0) is 18.0. The van der Waals surface area contributed by atoms with Crippen LogP contribution in [0, 0.1) is 0 Å². The lowest BCUT2D eigenvalue weighted by Crippen LogP contribution is -2.34. The standard InChI is InChI=1S/C17H19BrN2O4S.ClH/c1-20(2)15(12-3-8-16-17(9-12)24-11-23-16)10-19-25(21,22)14-6-4-13(18)5-7-14;/h3-9,15,19H,10-11H2,1-2H3;1H. The van der Waals surface area contributed by atoms with Gasteiger partial charge in [-0.1, -0.05) is 22.0 Å². The van der Waals surface area contributed by atoms with E-state index < -0.39 is 10.0 Å². The number of nitrogens with zero attached hydrogens (tertiary/aromatic N) is 1. The minimum absolute atomic E-state index is 0. The molecule has 0 fully saturated rings. The molecule has 26 heavy (non-hydrogen) atoms. The fourth-order valence-corrected chi connectivity index (χ4v) is 3.91. The molecule has 0 spiro atoms. The number of fused-ring (bicyclic) bond motifs is 1. The maximum absolute atomic E-state index is 12.5. The molecular formula is C17H20BrClN2O4S. The van der Waals surface area contributed by atoms with Crippen molar-refractivity contribution in [3.63, 3.8) is 0 Å². The first-order valence-electron chi connectivity index (χ1n) is 7.68. The van der Waals surface area contributed by atoms with Gasteiger partial charge in [0.25, 0.3) is 0 Å². The summed E-state index contributed by atoms with van der Waals surface area (Å²) < 4.78 is 39.3. The minimum atomic E-state index is -3.58. The highest BCUT2D eigenvalue weighted by Crippen LogP contribution is 2.35. The largest absolute Gasteiger partial charge is 0.454 e. The molecule has 0 bridgehead atoms. The molecule has 1 aliphatic rings. The molecule has 142 valence electrons. The number of halogens is 2. The van der Waals surface area contributed by atoms with E-state index in [2.05, 4.69) is 20.7 Å². The van der Waals surface area contributed by atoms with Crippen molar-refractivity contribution < 1.29 is 17.9 Å². The highest BCUT2D eigenvalue weighted by molar-refractivity contribution is 9.10. The molecule has 0 radical (unpaired) electrons. The first-order chi connectivity index (χ1) is 11.9. The van der Waals surface area contributed by atoms with Crippen LogP contribution >= 0.6 is 28.3 Å². The van der Waals surface area contributed by atoms with Gasteiger partial charge in [0.05, 0.1) is 4.90 Å². The molecule has 1 unspecified atom stereocenters. The Morgan fingerprint density at radius 1 is 1.12 bits per heavy atom. The number of sulfonamides is 1. The summed E-state index contributed by atoms with van der Waals surface area (Å²) in [5, 5.41) is 0. The smallest absolute Gasteiger partial charge is 0.240 e. The lowest BCUT2D eigenvalue weighted by Gasteiger charge is -2.25. The van der Waals surface area contributed by atoms with Gasteiger partial charge in [-0.25, -0.2) is 13.1 Å². The van der Waals surface area contributed by atoms with Crippen LogP contribution in [0.15, 0.2) is 51.8 Å². The van der Waals surface area contributed by atoms with Gasteiger partial charge in [0.2, 0.25) is 16.8 Å². The van der Waals surface area contributed by atoms with Crippen molar-refractivity contribution in [3.8, 4) is 11.5 Å². The van der Waals surface area contributed by atoms with Gasteiger partial charge in [-0.3, -0.25) is 0 Å². The molecule has 0 aliphatic carbocycles. The predicted octanol–water partition coefficient (Wildman–Crippen LogP) is 3.18. The van der Waals surface area contributed by atoms with Crippen LogP contribution in [0.4, 0.5) is 0 Å². The van der Waals surface area contributed by atoms with E-state index in [4.69, 9.17) is 9.47 Å². The maximum Gasteiger partial charge on any atom is 0.240 e. The lowest BCUT2D eigenvalue weighted by molar-refractivity contribution is 0.174. The second-order valence-electron chi connectivity index (χ2n) is 5.90. The number of hydrogen-bond donors (Lipinski definition) is 1. The SMILES string of the molecule is CN(C)C(CNS(=O)(=O)c1ccc(Br)cc1)c1ccc2c(c1)OCO2.Cl. The normalized spacial score (nSPS) is 14.2. The van der Waals surface area contributed by atoms with E-state index in [-0.39, 0.29) is 36.7 Å². The average Bonchev–Trinajstić information content (AvgIpc) is 3.02. The third-order valence-corrected chi connectivity index (χ3v) is 5.96. The Hall–Kier alpha value is -1.32. The maximum atomic E-state index is 12.5. The fraction of sp³-hybridized carbons (Fsp3) is 0.294. The molecule has 0 amide bonds. The van der Waals surface area contributed by atoms with Gasteiger partial charge in [0.15, 0.2) is 11.5 Å². The Labute approximate surface area is 168 Å². The quantitative estimate of drug-likeness (QED) is 0.713. The summed E-state index contributed by atoms with van der Waals surface area (Å²) in [6.07, 6.45) is 0. The molecule has 1 heterocycles. The number of likely N-dealkylation sites (N-methyl/N-ethyl adjacent to an activating group) is 1. The number of nitrogens with one attached hydrogen (secondary N) is 1. The fourth-order valence-electron chi connectivity index (χ4n) is 2.60. The van der Waals surface area contributed by atoms with E-state index >= 15 is 0 Å². The second kappa shape index (κ2) is 8.58. The summed E-state index contributed by atoms with van der Waals surface area (Å²) in [6, 6.07) is 12.1. The Kier molecular flexibility index (Phi) is 6.92. The van der Waals surface area contributed by atoms with Crippen LogP contribution < -0.4 is 14.2 Å². The van der Waals surface area contributed by atoms with Crippen LogP contribution in [0.1, 0.15) is 11.6 Å². The highest BCUT2D eigenvalue weighted by atomic mass is 79.9. The van der Waals surface area contributed by atoms with Crippen molar-refractivity contribution in [2.45, 2.75) is 10.9 Å². The highest BCUT2D eigenvalue weighted by Gasteiger charge is 2.22. The van der Waals surface area contributed by atoms with E-state index in [0.717, 1.165) is 10.0 Å². The van der Waals surface area contributed by atoms with Crippen LogP contribution in [0.2, 0.25) is 0 Å². The van der Waals surface area contributed by atoms with Gasteiger partial charge in [-0.05, 0) is 56.1 Å². The zero-order valence-electron chi connectivity index (χ0n) is 14.3. The summed E-state index contributed by atoms with van der Waals surface area (Å²) in [5.41, 5.74) is 0.952. The van der Waals surface area contributed by atoms with Gasteiger partial charge in [0.1, 0.15) is 0 Å². The third kappa shape index (κ3) is 4.69. The van der Waals surface area contributed by atoms with Gasteiger partial charge < -0.3 is 14.4 Å². The van der Waals surface area contributed by atoms with Crippen LogP contribution in [0.5, 0.6) is 11.5 Å². The van der Waals surface area contributed by atoms with Crippen molar-refractivity contribution in [1.29, 1.82) is 0 Å². The zero-order valence-corrected chi connectivity index (χ0v) is 17.5. The second-order valence-corrected chi connectivity index (χ2v) is 8.58. The van der Waals surface area contributed by atoms with E-state index in [1.165, 1.54) is 0 Å². The van der Waals surface area contributed by atoms with Crippen molar-refractivity contribution in [2.75, 3.05) is 27.4 Å². The summed E-state index contributed by atoms with van der Waals surface area (Å²) in [5.74, 6) is 1.39. The molecule has 3 rings (SSSR count). The van der Waals surface area contributed by atoms with Crippen LogP contribution in [-0.4, -0.2) is 40.8 Å². The summed E-state index contributed by atoms with van der Waals surface area (Å²) in [7, 11) is 0.233. The Bertz CT molecular complexity index is 860. The molecule has 2 aromatic rings. The summed E-state index contributed by atoms with van der Waals surface area (Å²) in [4.78, 5) is 2.20. The molecule has 9 heteroatoms. The number of benzene rings is 2. The monoisotopic (exact) mass is 462 g/mol. The van der Waals surface area contributed by atoms with Gasteiger partial charge >= 0.3 is 0 Å². The minimum Gasteiger partial charge on any atom is -0.454 e. The van der Waals surface area contributed by atoms with Crippen LogP contribution in [-0.2, 0) is 10.0 Å². The predicted molar refractivity (Wildman–Crippen MR) is 106 cm³/mol. The van der Waals surface area contributed by atoms with Gasteiger partial charge in [-0.2, -0.15) is 0 Å². The van der Waals surface area contributed by atoms with Gasteiger partial charge in [-0.15, -0.1) is 12.4 Å². The van der Waals surface area contributed by atoms with Gasteiger partial charge in [0, 0.05) is 17.1 Å². The average molecular weight is 464 g/mol. The lowest BCUT2D eigenvalue weighted by atomic mass is 10.1. The molecule has 1 N–H and O–H groups in total. The third-order valence-electron chi connectivity index (χ3n) is 4.00. The Balaban J connectivity index is 0.00000243. The molecule has 6 nitrogen and oxygen atoms in total. The van der Waals surface area contributed by atoms with Crippen molar-refractivity contribution in [2.24, 2.45) is 0 Å². The molecular weight excluding hydrogens is 444 g/mol. The van der Waals surface area contributed by atoms with E-state index in [1.54, 1.807) is 24.3 Å². The molecule has 0 saturated carbocycles. The summed E-state index contributed by atoms with van der Waals surface area (Å²) >= 11 is 3.30. The number of ether oxygens (including phenoxy) is 2. The molecule has 0 aromatic heterocycles. The molecule has 2 aromatic carbocycles.